The van der Waals surface area contributed by atoms with E-state index in [1.165, 1.54) is 59.0 Å². The molecule has 1 aliphatic rings. The Hall–Kier alpha value is -2.40. The van der Waals surface area contributed by atoms with Crippen molar-refractivity contribution < 1.29 is 16.8 Å². The average molecular weight is 611 g/mol. The zero-order chi connectivity index (χ0) is 27.2. The summed E-state index contributed by atoms with van der Waals surface area (Å²) in [7, 11) is -8.09. The maximum atomic E-state index is 14.1. The number of benzene rings is 3. The van der Waals surface area contributed by atoms with Gasteiger partial charge in [-0.3, -0.25) is 0 Å². The summed E-state index contributed by atoms with van der Waals surface area (Å²) < 4.78 is 57.4. The number of nitrogens with zero attached hydrogens (tertiary/aromatic N) is 3. The first-order valence-electron chi connectivity index (χ1n) is 11.7. The molecule has 0 bridgehead atoms. The van der Waals surface area contributed by atoms with Crippen LogP contribution in [0.5, 0.6) is 0 Å². The summed E-state index contributed by atoms with van der Waals surface area (Å²) in [5.74, 6) is 0. The minimum atomic E-state index is -4.05. The Bertz CT molecular complexity index is 1690. The molecule has 38 heavy (non-hydrogen) atoms. The smallest absolute Gasteiger partial charge is 0.207 e. The van der Waals surface area contributed by atoms with E-state index in [-0.39, 0.29) is 16.2 Å². The molecule has 2 atom stereocenters. The topological polar surface area (TPSA) is 89.3 Å². The Kier molecular flexibility index (Phi) is 7.36. The minimum Gasteiger partial charge on any atom is -0.207 e. The van der Waals surface area contributed by atoms with Crippen molar-refractivity contribution in [3.05, 3.63) is 111 Å². The molecule has 0 N–H and O–H groups in total. The van der Waals surface area contributed by atoms with Crippen LogP contribution in [-0.4, -0.2) is 36.4 Å². The van der Waals surface area contributed by atoms with Crippen LogP contribution < -0.4 is 0 Å². The van der Waals surface area contributed by atoms with E-state index in [0.29, 0.717) is 38.3 Å². The number of hydrogen-bond acceptors (Lipinski definition) is 5. The second-order valence-corrected chi connectivity index (χ2v) is 13.8. The summed E-state index contributed by atoms with van der Waals surface area (Å²) in [6, 6.07) is 17.3. The van der Waals surface area contributed by atoms with Gasteiger partial charge in [-0.25, -0.2) is 8.42 Å². The minimum absolute atomic E-state index is 0.0162. The summed E-state index contributed by atoms with van der Waals surface area (Å²) >= 11 is 18.1. The highest BCUT2D eigenvalue weighted by atomic mass is 35.5. The molecule has 0 saturated heterocycles. The van der Waals surface area contributed by atoms with Crippen molar-refractivity contribution in [2.24, 2.45) is 0 Å². The van der Waals surface area contributed by atoms with Crippen LogP contribution >= 0.6 is 34.8 Å². The second kappa shape index (κ2) is 10.3. The number of rotatable bonds is 6. The summed E-state index contributed by atoms with van der Waals surface area (Å²) in [6.07, 6.45) is 2.12. The number of aromatic nitrogens is 2. The Morgan fingerprint density at radius 2 is 1.24 bits per heavy atom. The van der Waals surface area contributed by atoms with Crippen LogP contribution in [0.1, 0.15) is 36.2 Å². The van der Waals surface area contributed by atoms with E-state index in [1.54, 1.807) is 24.3 Å². The van der Waals surface area contributed by atoms with Crippen LogP contribution in [0.2, 0.25) is 15.1 Å². The van der Waals surface area contributed by atoms with Gasteiger partial charge in [0.05, 0.1) is 21.5 Å². The maximum absolute atomic E-state index is 14.1. The van der Waals surface area contributed by atoms with Gasteiger partial charge in [-0.05, 0) is 72.6 Å². The van der Waals surface area contributed by atoms with Gasteiger partial charge in [0, 0.05) is 39.3 Å². The van der Waals surface area contributed by atoms with Crippen LogP contribution in [0, 0.1) is 0 Å². The Balaban J connectivity index is 1.70. The number of halogens is 3. The van der Waals surface area contributed by atoms with Gasteiger partial charge in [0.25, 0.3) is 10.0 Å². The molecule has 5 rings (SSSR count). The van der Waals surface area contributed by atoms with Crippen LogP contribution in [0.25, 0.3) is 0 Å². The van der Waals surface area contributed by atoms with E-state index >= 15 is 0 Å². The summed E-state index contributed by atoms with van der Waals surface area (Å²) in [5.41, 5.74) is 1.62. The normalized spacial score (nSPS) is 18.3. The average Bonchev–Trinajstić information content (AvgIpc) is 3.33. The van der Waals surface area contributed by atoms with Crippen molar-refractivity contribution in [3.63, 3.8) is 0 Å². The molecule has 0 fully saturated rings. The molecule has 0 radical (unpaired) electrons. The largest absolute Gasteiger partial charge is 0.282 e. The zero-order valence-corrected chi connectivity index (χ0v) is 23.9. The molecule has 0 spiro atoms. The Labute approximate surface area is 236 Å². The molecule has 3 aromatic carbocycles. The van der Waals surface area contributed by atoms with Crippen molar-refractivity contribution >= 4 is 54.8 Å². The predicted octanol–water partition coefficient (Wildman–Crippen LogP) is 6.20. The molecule has 2 unspecified atom stereocenters. The number of sulfonamides is 1. The first-order valence-corrected chi connectivity index (χ1v) is 15.7. The number of hydrogen-bond donors (Lipinski definition) is 0. The first-order chi connectivity index (χ1) is 18.0. The van der Waals surface area contributed by atoms with Gasteiger partial charge in [-0.1, -0.05) is 53.9 Å². The lowest BCUT2D eigenvalue weighted by molar-refractivity contribution is 0.248. The van der Waals surface area contributed by atoms with Crippen molar-refractivity contribution in [2.75, 3.05) is 0 Å². The van der Waals surface area contributed by atoms with Gasteiger partial charge in [0.1, 0.15) is 0 Å². The molecular formula is C26H22Cl3N3O4S2. The lowest BCUT2D eigenvalue weighted by atomic mass is 9.90. The lowest BCUT2D eigenvalue weighted by Gasteiger charge is -2.40. The molecule has 7 nitrogen and oxygen atoms in total. The molecule has 1 aliphatic heterocycles. The van der Waals surface area contributed by atoms with E-state index in [0.717, 1.165) is 4.09 Å². The van der Waals surface area contributed by atoms with Crippen LogP contribution in [0.15, 0.2) is 88.8 Å². The van der Waals surface area contributed by atoms with Gasteiger partial charge in [-0.15, -0.1) is 0 Å². The molecule has 4 aromatic rings. The highest BCUT2D eigenvalue weighted by molar-refractivity contribution is 7.90. The summed E-state index contributed by atoms with van der Waals surface area (Å²) in [4.78, 5) is 0.103. The molecule has 0 amide bonds. The Morgan fingerprint density at radius 1 is 0.763 bits per heavy atom. The highest BCUT2D eigenvalue weighted by Crippen LogP contribution is 2.42. The van der Waals surface area contributed by atoms with Crippen molar-refractivity contribution in [2.45, 2.75) is 41.6 Å². The fraction of sp³-hybridized carbons (Fsp3) is 0.192. The predicted molar refractivity (Wildman–Crippen MR) is 148 cm³/mol. The standard InChI is InChI=1S/C26H22Cl3N3O4S2/c1-2-21-15-25-24(16-31(30-25)37(33,34)22-11-7-19(28)8-12-22)26(17-3-5-18(27)6-4-17)32(21)38(35,36)23-13-9-20(29)10-14-23/h3-14,16,21,26H,2,15H2,1H3. The Morgan fingerprint density at radius 3 is 1.74 bits per heavy atom. The summed E-state index contributed by atoms with van der Waals surface area (Å²) in [5, 5.41) is 5.75. The third-order valence-electron chi connectivity index (χ3n) is 6.54. The highest BCUT2D eigenvalue weighted by Gasteiger charge is 2.44. The van der Waals surface area contributed by atoms with Crippen LogP contribution in [0.4, 0.5) is 0 Å². The third-order valence-corrected chi connectivity index (χ3v) is 10.8. The molecule has 2 heterocycles. The van der Waals surface area contributed by atoms with E-state index in [2.05, 4.69) is 5.10 Å². The molecule has 12 heteroatoms. The van der Waals surface area contributed by atoms with Gasteiger partial charge in [0.2, 0.25) is 10.0 Å². The van der Waals surface area contributed by atoms with Crippen molar-refractivity contribution in [3.8, 4) is 0 Å². The molecule has 0 aliphatic carbocycles. The quantitative estimate of drug-likeness (QED) is 0.260. The SMILES string of the molecule is CCC1Cc2nn(S(=O)(=O)c3ccc(Cl)cc3)cc2C(c2ccc(Cl)cc2)N1S(=O)(=O)c1ccc(Cl)cc1. The maximum Gasteiger partial charge on any atom is 0.282 e. The van der Waals surface area contributed by atoms with E-state index in [9.17, 15) is 16.8 Å². The molecule has 1 aromatic heterocycles. The monoisotopic (exact) mass is 609 g/mol. The second-order valence-electron chi connectivity index (χ2n) is 8.87. The van der Waals surface area contributed by atoms with Crippen LogP contribution in [0.3, 0.4) is 0 Å². The van der Waals surface area contributed by atoms with E-state index in [4.69, 9.17) is 34.8 Å². The van der Waals surface area contributed by atoms with E-state index in [1.807, 2.05) is 6.92 Å². The fourth-order valence-electron chi connectivity index (χ4n) is 4.64. The first kappa shape index (κ1) is 27.2. The molecule has 0 saturated carbocycles. The number of fused-ring (bicyclic) bond motifs is 1. The zero-order valence-electron chi connectivity index (χ0n) is 20.0. The molecular weight excluding hydrogens is 589 g/mol. The fourth-order valence-corrected chi connectivity index (χ4v) is 8.03. The van der Waals surface area contributed by atoms with Crippen molar-refractivity contribution in [1.29, 1.82) is 0 Å². The van der Waals surface area contributed by atoms with Gasteiger partial charge < -0.3 is 0 Å². The van der Waals surface area contributed by atoms with Gasteiger partial charge in [0.15, 0.2) is 0 Å². The van der Waals surface area contributed by atoms with Gasteiger partial charge in [-0.2, -0.15) is 21.9 Å². The summed E-state index contributed by atoms with van der Waals surface area (Å²) in [6.45, 7) is 1.89. The van der Waals surface area contributed by atoms with Gasteiger partial charge >= 0.3 is 0 Å². The van der Waals surface area contributed by atoms with Crippen LogP contribution in [-0.2, 0) is 26.5 Å². The third kappa shape index (κ3) is 4.87. The van der Waals surface area contributed by atoms with E-state index < -0.39 is 32.1 Å². The van der Waals surface area contributed by atoms with Crippen molar-refractivity contribution in [1.82, 2.24) is 13.5 Å². The lowest BCUT2D eigenvalue weighted by Crippen LogP contribution is -2.47. The molecule has 198 valence electrons.